The van der Waals surface area contributed by atoms with Gasteiger partial charge < -0.3 is 19.9 Å². The van der Waals surface area contributed by atoms with Gasteiger partial charge in [0.1, 0.15) is 0 Å². The lowest BCUT2D eigenvalue weighted by molar-refractivity contribution is -0.150. The van der Waals surface area contributed by atoms with E-state index in [0.717, 1.165) is 30.4 Å². The number of ether oxygens (including phenoxy) is 2. The standard InChI is InChI=1S/C30H29NO4/c32-17-19-5-7-20(8-6-19)18-34-29-16-23(15-28(35-29)30(33)31-25-10-11-25)21-9-12-27-24(13-21)14-22-3-1-2-4-26(22)27/h1-9,12-13,15,23,25,29,32H,10-11,14,16-18H2,(H,31,33)/t23-,29+/m1/s1. The van der Waals surface area contributed by atoms with E-state index in [9.17, 15) is 9.90 Å². The molecule has 0 bridgehead atoms. The second-order valence-corrected chi connectivity index (χ2v) is 9.70. The van der Waals surface area contributed by atoms with Crippen molar-refractivity contribution in [1.29, 1.82) is 0 Å². The number of rotatable bonds is 7. The van der Waals surface area contributed by atoms with Crippen molar-refractivity contribution in [2.45, 2.75) is 57.1 Å². The number of amides is 1. The van der Waals surface area contributed by atoms with E-state index in [4.69, 9.17) is 9.47 Å². The SMILES string of the molecule is O=C(NC1CC1)C1=C[C@@H](c2ccc3c(c2)Cc2ccccc2-3)C[C@@H](OCc2ccc(CO)cc2)O1. The summed E-state index contributed by atoms with van der Waals surface area (Å²) in [5.41, 5.74) is 8.34. The first kappa shape index (κ1) is 22.1. The predicted molar refractivity (Wildman–Crippen MR) is 133 cm³/mol. The van der Waals surface area contributed by atoms with E-state index >= 15 is 0 Å². The molecule has 2 atom stereocenters. The maximum atomic E-state index is 12.9. The number of fused-ring (bicyclic) bond motifs is 3. The molecule has 3 aromatic carbocycles. The molecule has 6 rings (SSSR count). The van der Waals surface area contributed by atoms with Gasteiger partial charge in [0.15, 0.2) is 5.76 Å². The Balaban J connectivity index is 1.22. The van der Waals surface area contributed by atoms with Crippen LogP contribution in [0.5, 0.6) is 0 Å². The smallest absolute Gasteiger partial charge is 0.286 e. The lowest BCUT2D eigenvalue weighted by Gasteiger charge is -2.29. The van der Waals surface area contributed by atoms with Gasteiger partial charge in [-0.15, -0.1) is 0 Å². The number of aliphatic hydroxyl groups is 1. The predicted octanol–water partition coefficient (Wildman–Crippen LogP) is 4.96. The van der Waals surface area contributed by atoms with Gasteiger partial charge in [0, 0.05) is 18.4 Å². The molecule has 0 spiro atoms. The molecule has 2 N–H and O–H groups in total. The van der Waals surface area contributed by atoms with Crippen molar-refractivity contribution in [1.82, 2.24) is 5.32 Å². The van der Waals surface area contributed by atoms with E-state index in [1.165, 1.54) is 27.8 Å². The molecular formula is C30H29NO4. The zero-order valence-electron chi connectivity index (χ0n) is 19.6. The minimum Gasteiger partial charge on any atom is -0.459 e. The van der Waals surface area contributed by atoms with Gasteiger partial charge in [-0.05, 0) is 64.3 Å². The summed E-state index contributed by atoms with van der Waals surface area (Å²) in [4.78, 5) is 12.9. The van der Waals surface area contributed by atoms with Crippen LogP contribution in [0.4, 0.5) is 0 Å². The molecule has 0 radical (unpaired) electrons. The molecule has 1 heterocycles. The van der Waals surface area contributed by atoms with Crippen LogP contribution in [-0.2, 0) is 33.9 Å². The van der Waals surface area contributed by atoms with E-state index in [-0.39, 0.29) is 24.5 Å². The van der Waals surface area contributed by atoms with Crippen LogP contribution in [0.25, 0.3) is 11.1 Å². The lowest BCUT2D eigenvalue weighted by Crippen LogP contribution is -2.33. The molecular weight excluding hydrogens is 438 g/mol. The average molecular weight is 468 g/mol. The third-order valence-corrected chi connectivity index (χ3v) is 7.08. The molecule has 1 saturated carbocycles. The number of hydrogen-bond acceptors (Lipinski definition) is 4. The molecule has 5 nitrogen and oxygen atoms in total. The average Bonchev–Trinajstić information content (AvgIpc) is 3.64. The minimum atomic E-state index is -0.520. The van der Waals surface area contributed by atoms with Gasteiger partial charge in [-0.3, -0.25) is 4.79 Å². The zero-order chi connectivity index (χ0) is 23.8. The molecule has 178 valence electrons. The van der Waals surface area contributed by atoms with Crippen LogP contribution in [0, 0.1) is 0 Å². The van der Waals surface area contributed by atoms with Crippen LogP contribution in [0.2, 0.25) is 0 Å². The van der Waals surface area contributed by atoms with Crippen LogP contribution in [0.1, 0.15) is 53.0 Å². The molecule has 3 aliphatic rings. The number of nitrogens with one attached hydrogen (secondary N) is 1. The highest BCUT2D eigenvalue weighted by atomic mass is 16.7. The van der Waals surface area contributed by atoms with E-state index in [1.54, 1.807) is 0 Å². The molecule has 1 aliphatic heterocycles. The fraction of sp³-hybridized carbons (Fsp3) is 0.300. The summed E-state index contributed by atoms with van der Waals surface area (Å²) in [6.07, 6.45) is 5.06. The first-order chi connectivity index (χ1) is 17.2. The Morgan fingerprint density at radius 1 is 0.971 bits per heavy atom. The molecule has 0 saturated heterocycles. The third kappa shape index (κ3) is 4.75. The van der Waals surface area contributed by atoms with Crippen LogP contribution in [0.3, 0.4) is 0 Å². The quantitative estimate of drug-likeness (QED) is 0.403. The van der Waals surface area contributed by atoms with Crippen LogP contribution < -0.4 is 5.32 Å². The van der Waals surface area contributed by atoms with Gasteiger partial charge in [0.2, 0.25) is 6.29 Å². The first-order valence-corrected chi connectivity index (χ1v) is 12.4. The van der Waals surface area contributed by atoms with Crippen molar-refractivity contribution in [2.24, 2.45) is 0 Å². The number of carbonyl (C=O) groups is 1. The molecule has 0 aromatic heterocycles. The molecule has 0 unspecified atom stereocenters. The van der Waals surface area contributed by atoms with E-state index in [1.807, 2.05) is 30.3 Å². The Kier molecular flexibility index (Phi) is 5.88. The van der Waals surface area contributed by atoms with Crippen molar-refractivity contribution >= 4 is 5.91 Å². The van der Waals surface area contributed by atoms with Crippen molar-refractivity contribution in [3.8, 4) is 11.1 Å². The third-order valence-electron chi connectivity index (χ3n) is 7.08. The maximum Gasteiger partial charge on any atom is 0.286 e. The van der Waals surface area contributed by atoms with E-state index < -0.39 is 6.29 Å². The molecule has 1 fully saturated rings. The highest BCUT2D eigenvalue weighted by molar-refractivity contribution is 5.92. The van der Waals surface area contributed by atoms with Crippen molar-refractivity contribution in [3.63, 3.8) is 0 Å². The van der Waals surface area contributed by atoms with Gasteiger partial charge >= 0.3 is 0 Å². The zero-order valence-corrected chi connectivity index (χ0v) is 19.6. The van der Waals surface area contributed by atoms with Gasteiger partial charge in [0.25, 0.3) is 5.91 Å². The van der Waals surface area contributed by atoms with Gasteiger partial charge in [0.05, 0.1) is 13.2 Å². The summed E-state index contributed by atoms with van der Waals surface area (Å²) >= 11 is 0. The largest absolute Gasteiger partial charge is 0.459 e. The summed E-state index contributed by atoms with van der Waals surface area (Å²) in [7, 11) is 0. The topological polar surface area (TPSA) is 67.8 Å². The van der Waals surface area contributed by atoms with Crippen molar-refractivity contribution in [3.05, 3.63) is 106 Å². The van der Waals surface area contributed by atoms with Gasteiger partial charge in [-0.1, -0.05) is 66.7 Å². The summed E-state index contributed by atoms with van der Waals surface area (Å²) in [5, 5.41) is 12.3. The second-order valence-electron chi connectivity index (χ2n) is 9.70. The number of benzene rings is 3. The number of allylic oxidation sites excluding steroid dienone is 1. The first-order valence-electron chi connectivity index (χ1n) is 12.4. The normalized spacial score (nSPS) is 20.4. The molecule has 2 aliphatic carbocycles. The van der Waals surface area contributed by atoms with Gasteiger partial charge in [-0.2, -0.15) is 0 Å². The Morgan fingerprint density at radius 3 is 2.54 bits per heavy atom. The summed E-state index contributed by atoms with van der Waals surface area (Å²) in [5.74, 6) is 0.212. The fourth-order valence-corrected chi connectivity index (χ4v) is 4.96. The number of carbonyl (C=O) groups excluding carboxylic acids is 1. The number of hydrogen-bond donors (Lipinski definition) is 2. The highest BCUT2D eigenvalue weighted by Gasteiger charge is 2.32. The summed E-state index contributed by atoms with van der Waals surface area (Å²) < 4.78 is 12.2. The summed E-state index contributed by atoms with van der Waals surface area (Å²) in [6, 6.07) is 23.2. The van der Waals surface area contributed by atoms with Crippen LogP contribution in [-0.4, -0.2) is 23.3 Å². The fourth-order valence-electron chi connectivity index (χ4n) is 4.96. The molecule has 1 amide bonds. The van der Waals surface area contributed by atoms with E-state index in [0.29, 0.717) is 18.8 Å². The van der Waals surface area contributed by atoms with E-state index in [2.05, 4.69) is 47.8 Å². The minimum absolute atomic E-state index is 0.0185. The Hall–Kier alpha value is -3.41. The van der Waals surface area contributed by atoms with Crippen molar-refractivity contribution in [2.75, 3.05) is 0 Å². The molecule has 35 heavy (non-hydrogen) atoms. The Morgan fingerprint density at radius 2 is 1.74 bits per heavy atom. The van der Waals surface area contributed by atoms with Gasteiger partial charge in [-0.25, -0.2) is 0 Å². The molecule has 3 aromatic rings. The highest BCUT2D eigenvalue weighted by Crippen LogP contribution is 2.40. The van der Waals surface area contributed by atoms with Crippen molar-refractivity contribution < 1.29 is 19.4 Å². The van der Waals surface area contributed by atoms with Crippen LogP contribution >= 0.6 is 0 Å². The number of aliphatic hydroxyl groups excluding tert-OH is 1. The Bertz CT molecular complexity index is 1280. The second kappa shape index (κ2) is 9.33. The summed E-state index contributed by atoms with van der Waals surface area (Å²) in [6.45, 7) is 0.394. The Labute approximate surface area is 205 Å². The van der Waals surface area contributed by atoms with Crippen LogP contribution in [0.15, 0.2) is 78.6 Å². The monoisotopic (exact) mass is 467 g/mol. The lowest BCUT2D eigenvalue weighted by atomic mass is 9.90. The molecule has 5 heteroatoms. The maximum absolute atomic E-state index is 12.9.